The number of fused-ring (bicyclic) bond motifs is 1. The topological polar surface area (TPSA) is 78.0 Å². The summed E-state index contributed by atoms with van der Waals surface area (Å²) >= 11 is 6.31. The summed E-state index contributed by atoms with van der Waals surface area (Å²) in [5.74, 6) is 0.839. The number of nitrogens with one attached hydrogen (secondary N) is 1. The molecule has 176 valence electrons. The lowest BCUT2D eigenvalue weighted by Gasteiger charge is -2.13. The number of nitrogens with zero attached hydrogens (tertiary/aromatic N) is 3. The number of benzene rings is 2. The lowest BCUT2D eigenvalue weighted by molar-refractivity contribution is -0.137. The predicted octanol–water partition coefficient (Wildman–Crippen LogP) is 6.44. The van der Waals surface area contributed by atoms with Crippen molar-refractivity contribution in [2.45, 2.75) is 12.7 Å². The number of ether oxygens (including phenoxy) is 1. The highest BCUT2D eigenvalue weighted by molar-refractivity contribution is 6.32. The van der Waals surface area contributed by atoms with Crippen LogP contribution in [0.3, 0.4) is 0 Å². The van der Waals surface area contributed by atoms with Gasteiger partial charge in [-0.3, -0.25) is 0 Å². The van der Waals surface area contributed by atoms with Gasteiger partial charge in [0.25, 0.3) is 0 Å². The Morgan fingerprint density at radius 1 is 1.06 bits per heavy atom. The first-order valence-electron chi connectivity index (χ1n) is 9.27. The molecule has 12 heteroatoms. The van der Waals surface area contributed by atoms with Crippen LogP contribution < -0.4 is 15.8 Å². The van der Waals surface area contributed by atoms with Crippen LogP contribution >= 0.6 is 36.4 Å². The highest BCUT2D eigenvalue weighted by Crippen LogP contribution is 2.36. The predicted molar refractivity (Wildman–Crippen MR) is 127 cm³/mol. The molecule has 0 saturated carbocycles. The average molecular weight is 521 g/mol. The highest BCUT2D eigenvalue weighted by Gasteiger charge is 2.30. The lowest BCUT2D eigenvalue weighted by atomic mass is 10.2. The number of aromatic nitrogens is 3. The second kappa shape index (κ2) is 10.9. The van der Waals surface area contributed by atoms with E-state index >= 15 is 0 Å². The Hall–Kier alpha value is -2.72. The molecule has 0 aliphatic rings. The Morgan fingerprint density at radius 3 is 2.55 bits per heavy atom. The van der Waals surface area contributed by atoms with Crippen molar-refractivity contribution in [2.75, 3.05) is 11.9 Å². The van der Waals surface area contributed by atoms with Crippen molar-refractivity contribution in [3.05, 3.63) is 71.6 Å². The minimum atomic E-state index is -4.46. The molecule has 0 radical (unpaired) electrons. The quantitative estimate of drug-likeness (QED) is 0.306. The van der Waals surface area contributed by atoms with Crippen molar-refractivity contribution in [2.24, 2.45) is 5.73 Å². The van der Waals surface area contributed by atoms with Crippen LogP contribution in [0.2, 0.25) is 5.02 Å². The summed E-state index contributed by atoms with van der Waals surface area (Å²) < 4.78 is 46.2. The van der Waals surface area contributed by atoms with Gasteiger partial charge in [-0.05, 0) is 42.5 Å². The SMILES string of the molecule is Cl.Cl.NCCn1ccc2ncnc(Nc3ccc(Oc4cccc(C(F)(F)F)c4)c(Cl)c3)c21. The van der Waals surface area contributed by atoms with Gasteiger partial charge in [0.05, 0.1) is 16.1 Å². The Bertz CT molecular complexity index is 1230. The maximum Gasteiger partial charge on any atom is 0.416 e. The van der Waals surface area contributed by atoms with Gasteiger partial charge in [0, 0.05) is 25.0 Å². The lowest BCUT2D eigenvalue weighted by Crippen LogP contribution is -2.10. The fraction of sp³-hybridized carbons (Fsp3) is 0.143. The van der Waals surface area contributed by atoms with Crippen LogP contribution in [0.15, 0.2) is 61.1 Å². The molecular formula is C21H19Cl3F3N5O. The van der Waals surface area contributed by atoms with Crippen molar-refractivity contribution in [3.63, 3.8) is 0 Å². The molecule has 6 nitrogen and oxygen atoms in total. The number of hydrogen-bond acceptors (Lipinski definition) is 5. The summed E-state index contributed by atoms with van der Waals surface area (Å²) in [6.45, 7) is 1.07. The van der Waals surface area contributed by atoms with Gasteiger partial charge in [0.2, 0.25) is 0 Å². The number of nitrogens with two attached hydrogens (primary N) is 1. The molecule has 2 aromatic heterocycles. The van der Waals surface area contributed by atoms with Crippen molar-refractivity contribution in [1.82, 2.24) is 14.5 Å². The van der Waals surface area contributed by atoms with Crippen LogP contribution in [-0.4, -0.2) is 21.1 Å². The van der Waals surface area contributed by atoms with Gasteiger partial charge in [-0.25, -0.2) is 9.97 Å². The molecule has 0 aliphatic carbocycles. The summed E-state index contributed by atoms with van der Waals surface area (Å²) in [5.41, 5.74) is 7.06. The Morgan fingerprint density at radius 2 is 1.85 bits per heavy atom. The molecule has 0 bridgehead atoms. The second-order valence-corrected chi connectivity index (χ2v) is 7.06. The molecule has 0 amide bonds. The Kier molecular flexibility index (Phi) is 8.79. The number of alkyl halides is 3. The number of rotatable bonds is 6. The molecule has 2 heterocycles. The van der Waals surface area contributed by atoms with Gasteiger partial charge in [0.1, 0.15) is 23.3 Å². The van der Waals surface area contributed by atoms with E-state index in [4.69, 9.17) is 22.1 Å². The van der Waals surface area contributed by atoms with Crippen LogP contribution in [-0.2, 0) is 12.7 Å². The molecule has 2 aromatic carbocycles. The van der Waals surface area contributed by atoms with E-state index in [0.717, 1.165) is 23.2 Å². The molecule has 4 rings (SSSR count). The highest BCUT2D eigenvalue weighted by atomic mass is 35.5. The van der Waals surface area contributed by atoms with Crippen molar-refractivity contribution >= 4 is 59.0 Å². The van der Waals surface area contributed by atoms with Gasteiger partial charge in [-0.15, -0.1) is 24.8 Å². The third-order valence-corrected chi connectivity index (χ3v) is 4.80. The van der Waals surface area contributed by atoms with Crippen LogP contribution in [0.1, 0.15) is 5.56 Å². The maximum absolute atomic E-state index is 12.9. The zero-order valence-corrected chi connectivity index (χ0v) is 19.2. The van der Waals surface area contributed by atoms with Crippen molar-refractivity contribution < 1.29 is 17.9 Å². The van der Waals surface area contributed by atoms with Crippen LogP contribution in [0, 0.1) is 0 Å². The van der Waals surface area contributed by atoms with E-state index in [1.807, 2.05) is 16.8 Å². The molecule has 0 atom stereocenters. The molecule has 33 heavy (non-hydrogen) atoms. The fourth-order valence-corrected chi connectivity index (χ4v) is 3.33. The van der Waals surface area contributed by atoms with E-state index < -0.39 is 11.7 Å². The first kappa shape index (κ1) is 26.5. The van der Waals surface area contributed by atoms with E-state index in [1.54, 1.807) is 18.2 Å². The normalized spacial score (nSPS) is 10.9. The van der Waals surface area contributed by atoms with Gasteiger partial charge in [0.15, 0.2) is 5.82 Å². The third kappa shape index (κ3) is 6.00. The summed E-state index contributed by atoms with van der Waals surface area (Å²) in [6.07, 6.45) is -1.12. The van der Waals surface area contributed by atoms with E-state index in [1.165, 1.54) is 18.5 Å². The van der Waals surface area contributed by atoms with Gasteiger partial charge in [-0.1, -0.05) is 17.7 Å². The standard InChI is InChI=1S/C21H17ClF3N5O.2ClH/c22-16-11-14(29-20-19-17(27-12-28-20)6-8-30(19)9-7-26)4-5-18(16)31-15-3-1-2-13(10-15)21(23,24)25;;/h1-6,8,10-12H,7,9,26H2,(H,27,28,29);2*1H. The molecule has 0 spiro atoms. The zero-order chi connectivity index (χ0) is 22.0. The second-order valence-electron chi connectivity index (χ2n) is 6.65. The van der Waals surface area contributed by atoms with Gasteiger partial charge in [-0.2, -0.15) is 13.2 Å². The van der Waals surface area contributed by atoms with Crippen LogP contribution in [0.25, 0.3) is 11.0 Å². The Balaban J connectivity index is 0.00000193. The van der Waals surface area contributed by atoms with E-state index in [-0.39, 0.29) is 41.3 Å². The molecule has 3 N–H and O–H groups in total. The summed E-state index contributed by atoms with van der Waals surface area (Å²) in [6, 6.07) is 11.3. The van der Waals surface area contributed by atoms with Gasteiger partial charge >= 0.3 is 6.18 Å². The Labute approximate surface area is 204 Å². The van der Waals surface area contributed by atoms with Crippen molar-refractivity contribution in [1.29, 1.82) is 0 Å². The molecule has 4 aromatic rings. The fourth-order valence-electron chi connectivity index (χ4n) is 3.11. The average Bonchev–Trinajstić information content (AvgIpc) is 3.14. The largest absolute Gasteiger partial charge is 0.456 e. The summed E-state index contributed by atoms with van der Waals surface area (Å²) in [5, 5.41) is 3.42. The molecular weight excluding hydrogens is 502 g/mol. The molecule has 0 saturated heterocycles. The third-order valence-electron chi connectivity index (χ3n) is 4.50. The van der Waals surface area contributed by atoms with Gasteiger partial charge < -0.3 is 20.4 Å². The molecule has 0 aliphatic heterocycles. The van der Waals surface area contributed by atoms with E-state index in [2.05, 4.69) is 15.3 Å². The first-order valence-corrected chi connectivity index (χ1v) is 9.64. The zero-order valence-electron chi connectivity index (χ0n) is 16.8. The summed E-state index contributed by atoms with van der Waals surface area (Å²) in [4.78, 5) is 8.56. The van der Waals surface area contributed by atoms with E-state index in [9.17, 15) is 13.2 Å². The number of hydrogen-bond donors (Lipinski definition) is 2. The maximum atomic E-state index is 12.9. The number of anilines is 2. The number of halogens is 6. The van der Waals surface area contributed by atoms with Crippen LogP contribution in [0.5, 0.6) is 11.5 Å². The monoisotopic (exact) mass is 519 g/mol. The molecule has 0 fully saturated rings. The summed E-state index contributed by atoms with van der Waals surface area (Å²) in [7, 11) is 0. The van der Waals surface area contributed by atoms with Crippen molar-refractivity contribution in [3.8, 4) is 11.5 Å². The molecule has 0 unspecified atom stereocenters. The van der Waals surface area contributed by atoms with Crippen LogP contribution in [0.4, 0.5) is 24.7 Å². The minimum Gasteiger partial charge on any atom is -0.456 e. The first-order chi connectivity index (χ1) is 14.8. The van der Waals surface area contributed by atoms with E-state index in [0.29, 0.717) is 24.6 Å². The smallest absolute Gasteiger partial charge is 0.416 e. The minimum absolute atomic E-state index is 0.